The third-order valence-electron chi connectivity index (χ3n) is 3.37. The summed E-state index contributed by atoms with van der Waals surface area (Å²) in [5.74, 6) is -0.292. The molecular weight excluding hydrogens is 332 g/mol. The number of methoxy groups -OCH3 is 1. The van der Waals surface area contributed by atoms with Crippen LogP contribution >= 0.6 is 0 Å². The van der Waals surface area contributed by atoms with E-state index < -0.39 is 11.6 Å². The van der Waals surface area contributed by atoms with Crippen molar-refractivity contribution >= 4 is 11.6 Å². The predicted octanol–water partition coefficient (Wildman–Crippen LogP) is 2.43. The van der Waals surface area contributed by atoms with Crippen molar-refractivity contribution in [2.75, 3.05) is 19.0 Å². The van der Waals surface area contributed by atoms with Crippen molar-refractivity contribution in [3.05, 3.63) is 47.9 Å². The maximum atomic E-state index is 13.6. The SMILES string of the molecule is COCc1cc(NC(C)COc2ccc(F)cc2F)n2ncnc2n1. The quantitative estimate of drug-likeness (QED) is 0.706. The summed E-state index contributed by atoms with van der Waals surface area (Å²) in [7, 11) is 1.58. The van der Waals surface area contributed by atoms with Gasteiger partial charge in [0, 0.05) is 19.2 Å². The lowest BCUT2D eigenvalue weighted by Gasteiger charge is -2.17. The molecule has 1 atom stereocenters. The van der Waals surface area contributed by atoms with E-state index in [0.29, 0.717) is 23.9 Å². The number of halogens is 2. The number of ether oxygens (including phenoxy) is 2. The van der Waals surface area contributed by atoms with Gasteiger partial charge in [-0.3, -0.25) is 0 Å². The van der Waals surface area contributed by atoms with Crippen LogP contribution in [0.25, 0.3) is 5.78 Å². The minimum atomic E-state index is -0.739. The van der Waals surface area contributed by atoms with Crippen molar-refractivity contribution < 1.29 is 18.3 Å². The number of fused-ring (bicyclic) bond motifs is 1. The van der Waals surface area contributed by atoms with Gasteiger partial charge in [0.15, 0.2) is 11.6 Å². The Labute approximate surface area is 142 Å². The molecule has 0 amide bonds. The first-order valence-electron chi connectivity index (χ1n) is 7.60. The summed E-state index contributed by atoms with van der Waals surface area (Å²) in [6, 6.07) is 4.80. The molecule has 25 heavy (non-hydrogen) atoms. The number of hydrogen-bond acceptors (Lipinski definition) is 6. The number of hydrogen-bond donors (Lipinski definition) is 1. The fourth-order valence-corrected chi connectivity index (χ4v) is 2.29. The first-order chi connectivity index (χ1) is 12.1. The summed E-state index contributed by atoms with van der Waals surface area (Å²) in [5, 5.41) is 7.33. The Morgan fingerprint density at radius 2 is 2.12 bits per heavy atom. The summed E-state index contributed by atoms with van der Waals surface area (Å²) in [5.41, 5.74) is 0.697. The molecular formula is C16H17F2N5O2. The van der Waals surface area contributed by atoms with Gasteiger partial charge in [-0.25, -0.2) is 13.8 Å². The Morgan fingerprint density at radius 3 is 2.88 bits per heavy atom. The van der Waals surface area contributed by atoms with Gasteiger partial charge < -0.3 is 14.8 Å². The van der Waals surface area contributed by atoms with Crippen LogP contribution < -0.4 is 10.1 Å². The standard InChI is InChI=1S/C16H17F2N5O2/c1-10(7-25-14-4-3-11(17)5-13(14)18)21-15-6-12(8-24-2)22-16-19-9-20-23(15)16/h3-6,9-10,21H,7-8H2,1-2H3. The highest BCUT2D eigenvalue weighted by Gasteiger charge is 2.12. The maximum Gasteiger partial charge on any atom is 0.254 e. The Kier molecular flexibility index (Phi) is 5.03. The summed E-state index contributed by atoms with van der Waals surface area (Å²) < 4.78 is 38.6. The van der Waals surface area contributed by atoms with Crippen LogP contribution in [0.15, 0.2) is 30.6 Å². The third-order valence-corrected chi connectivity index (χ3v) is 3.37. The highest BCUT2D eigenvalue weighted by molar-refractivity contribution is 5.45. The molecule has 2 heterocycles. The minimum Gasteiger partial charge on any atom is -0.488 e. The van der Waals surface area contributed by atoms with Gasteiger partial charge >= 0.3 is 0 Å². The number of benzene rings is 1. The number of rotatable bonds is 7. The second-order valence-electron chi connectivity index (χ2n) is 5.47. The van der Waals surface area contributed by atoms with Gasteiger partial charge in [-0.1, -0.05) is 0 Å². The van der Waals surface area contributed by atoms with Crippen LogP contribution in [0, 0.1) is 11.6 Å². The van der Waals surface area contributed by atoms with Gasteiger partial charge in [-0.05, 0) is 19.1 Å². The van der Waals surface area contributed by atoms with E-state index in [2.05, 4.69) is 20.4 Å². The lowest BCUT2D eigenvalue weighted by molar-refractivity contribution is 0.181. The molecule has 0 saturated carbocycles. The van der Waals surface area contributed by atoms with Crippen LogP contribution in [0.2, 0.25) is 0 Å². The molecule has 0 aliphatic heterocycles. The molecule has 2 aromatic heterocycles. The fourth-order valence-electron chi connectivity index (χ4n) is 2.29. The number of nitrogens with zero attached hydrogens (tertiary/aromatic N) is 4. The Balaban J connectivity index is 1.71. The van der Waals surface area contributed by atoms with Gasteiger partial charge in [-0.2, -0.15) is 14.6 Å². The zero-order chi connectivity index (χ0) is 17.8. The zero-order valence-electron chi connectivity index (χ0n) is 13.7. The Morgan fingerprint density at radius 1 is 1.28 bits per heavy atom. The van der Waals surface area contributed by atoms with E-state index in [0.717, 1.165) is 12.1 Å². The van der Waals surface area contributed by atoms with Crippen LogP contribution in [0.3, 0.4) is 0 Å². The Hall–Kier alpha value is -2.81. The van der Waals surface area contributed by atoms with E-state index in [9.17, 15) is 8.78 Å². The zero-order valence-corrected chi connectivity index (χ0v) is 13.7. The van der Waals surface area contributed by atoms with Crippen molar-refractivity contribution in [1.29, 1.82) is 0 Å². The smallest absolute Gasteiger partial charge is 0.254 e. The van der Waals surface area contributed by atoms with E-state index in [-0.39, 0.29) is 18.4 Å². The van der Waals surface area contributed by atoms with E-state index >= 15 is 0 Å². The summed E-state index contributed by atoms with van der Waals surface area (Å²) >= 11 is 0. The lowest BCUT2D eigenvalue weighted by Crippen LogP contribution is -2.25. The molecule has 3 aromatic rings. The topological polar surface area (TPSA) is 73.6 Å². The molecule has 0 bridgehead atoms. The minimum absolute atomic E-state index is 0.00393. The van der Waals surface area contributed by atoms with Crippen molar-refractivity contribution in [1.82, 2.24) is 19.6 Å². The van der Waals surface area contributed by atoms with Gasteiger partial charge in [-0.15, -0.1) is 0 Å². The molecule has 1 aromatic carbocycles. The van der Waals surface area contributed by atoms with Crippen molar-refractivity contribution in [2.24, 2.45) is 0 Å². The van der Waals surface area contributed by atoms with Gasteiger partial charge in [0.25, 0.3) is 5.78 Å². The van der Waals surface area contributed by atoms with Crippen LogP contribution in [-0.2, 0) is 11.3 Å². The summed E-state index contributed by atoms with van der Waals surface area (Å²) in [6.45, 7) is 2.37. The molecule has 1 N–H and O–H groups in total. The Bertz CT molecular complexity index is 871. The second-order valence-corrected chi connectivity index (χ2v) is 5.47. The van der Waals surface area contributed by atoms with Gasteiger partial charge in [0.1, 0.15) is 24.6 Å². The average Bonchev–Trinajstić information content (AvgIpc) is 3.03. The highest BCUT2D eigenvalue weighted by atomic mass is 19.1. The van der Waals surface area contributed by atoms with Gasteiger partial charge in [0.05, 0.1) is 18.3 Å². The number of aromatic nitrogens is 4. The van der Waals surface area contributed by atoms with E-state index in [1.54, 1.807) is 17.7 Å². The molecule has 0 spiro atoms. The molecule has 132 valence electrons. The van der Waals surface area contributed by atoms with Crippen LogP contribution in [-0.4, -0.2) is 39.3 Å². The third kappa shape index (κ3) is 4.00. The van der Waals surface area contributed by atoms with Crippen LogP contribution in [0.1, 0.15) is 12.6 Å². The van der Waals surface area contributed by atoms with Crippen molar-refractivity contribution in [3.63, 3.8) is 0 Å². The molecule has 0 fully saturated rings. The molecule has 7 nitrogen and oxygen atoms in total. The highest BCUT2D eigenvalue weighted by Crippen LogP contribution is 2.18. The predicted molar refractivity (Wildman–Crippen MR) is 86.4 cm³/mol. The first kappa shape index (κ1) is 17.0. The van der Waals surface area contributed by atoms with Crippen molar-refractivity contribution in [3.8, 4) is 5.75 Å². The average molecular weight is 349 g/mol. The van der Waals surface area contributed by atoms with Crippen molar-refractivity contribution in [2.45, 2.75) is 19.6 Å². The van der Waals surface area contributed by atoms with E-state index in [1.165, 1.54) is 12.4 Å². The normalized spacial score (nSPS) is 12.3. The molecule has 9 heteroatoms. The molecule has 3 rings (SSSR count). The number of nitrogens with one attached hydrogen (secondary N) is 1. The molecule has 0 aliphatic carbocycles. The van der Waals surface area contributed by atoms with Gasteiger partial charge in [0.2, 0.25) is 0 Å². The number of anilines is 1. The molecule has 0 saturated heterocycles. The summed E-state index contributed by atoms with van der Waals surface area (Å²) in [6.07, 6.45) is 1.40. The van der Waals surface area contributed by atoms with E-state index in [1.807, 2.05) is 6.92 Å². The maximum absolute atomic E-state index is 13.6. The first-order valence-corrected chi connectivity index (χ1v) is 7.60. The van der Waals surface area contributed by atoms with E-state index in [4.69, 9.17) is 9.47 Å². The van der Waals surface area contributed by atoms with Crippen LogP contribution in [0.4, 0.5) is 14.6 Å². The second kappa shape index (κ2) is 7.39. The fraction of sp³-hybridized carbons (Fsp3) is 0.312. The molecule has 0 radical (unpaired) electrons. The summed E-state index contributed by atoms with van der Waals surface area (Å²) in [4.78, 5) is 8.39. The largest absolute Gasteiger partial charge is 0.488 e. The molecule has 0 aliphatic rings. The lowest BCUT2D eigenvalue weighted by atomic mass is 10.3. The van der Waals surface area contributed by atoms with Crippen LogP contribution in [0.5, 0.6) is 5.75 Å². The monoisotopic (exact) mass is 349 g/mol. The molecule has 1 unspecified atom stereocenters.